The third-order valence-corrected chi connectivity index (χ3v) is 4.07. The fourth-order valence-electron chi connectivity index (χ4n) is 2.74. The predicted molar refractivity (Wildman–Crippen MR) is 98.6 cm³/mol. The highest BCUT2D eigenvalue weighted by Gasteiger charge is 2.20. The van der Waals surface area contributed by atoms with Crippen LogP contribution in [0.4, 0.5) is 0 Å². The van der Waals surface area contributed by atoms with Crippen molar-refractivity contribution in [2.75, 3.05) is 35.2 Å². The molecule has 0 unspecified atom stereocenters. The molecule has 2 aromatic rings. The average Bonchev–Trinajstić information content (AvgIpc) is 3.17. The lowest BCUT2D eigenvalue weighted by Gasteiger charge is -2.12. The van der Waals surface area contributed by atoms with Crippen LogP contribution in [0, 0.1) is 0 Å². The van der Waals surface area contributed by atoms with Crippen molar-refractivity contribution in [3.05, 3.63) is 41.5 Å². The van der Waals surface area contributed by atoms with Gasteiger partial charge in [0.25, 0.3) is 0 Å². The van der Waals surface area contributed by atoms with E-state index in [1.807, 2.05) is 0 Å². The largest absolute Gasteiger partial charge is 0.496 e. The van der Waals surface area contributed by atoms with E-state index in [9.17, 15) is 4.79 Å². The molecule has 2 aromatic carbocycles. The summed E-state index contributed by atoms with van der Waals surface area (Å²) in [4.78, 5) is 12.7. The molecule has 0 saturated heterocycles. The topological polar surface area (TPSA) is 72.5 Å². The number of benzene rings is 2. The Hall–Kier alpha value is -3.35. The minimum Gasteiger partial charge on any atom is -0.496 e. The van der Waals surface area contributed by atoms with Gasteiger partial charge in [0.2, 0.25) is 12.5 Å². The van der Waals surface area contributed by atoms with Crippen molar-refractivity contribution in [3.8, 4) is 34.5 Å². The van der Waals surface area contributed by atoms with Gasteiger partial charge in [0.15, 0.2) is 28.8 Å². The standard InChI is InChI=1S/C20H20O7/c1-22-15-10-17-16(26-11-27-17)9-13(15)14(21)6-5-12-7-18(23-2)20(25-4)19(8-12)24-3/h5-10H,11H2,1-4H3/b6-5+. The zero-order valence-corrected chi connectivity index (χ0v) is 15.5. The first-order valence-electron chi connectivity index (χ1n) is 8.11. The number of ether oxygens (including phenoxy) is 6. The van der Waals surface area contributed by atoms with Crippen molar-refractivity contribution >= 4 is 11.9 Å². The second-order valence-electron chi connectivity index (χ2n) is 5.56. The van der Waals surface area contributed by atoms with Gasteiger partial charge in [-0.3, -0.25) is 4.79 Å². The Morgan fingerprint density at radius 1 is 0.852 bits per heavy atom. The number of carbonyl (C=O) groups excluding carboxylic acids is 1. The van der Waals surface area contributed by atoms with Gasteiger partial charge in [0, 0.05) is 6.07 Å². The maximum atomic E-state index is 12.7. The van der Waals surface area contributed by atoms with Crippen LogP contribution in [0.2, 0.25) is 0 Å². The first-order chi connectivity index (χ1) is 13.1. The fourth-order valence-corrected chi connectivity index (χ4v) is 2.74. The third-order valence-electron chi connectivity index (χ3n) is 4.07. The van der Waals surface area contributed by atoms with Crippen LogP contribution < -0.4 is 28.4 Å². The molecule has 0 amide bonds. The Morgan fingerprint density at radius 2 is 1.44 bits per heavy atom. The molecule has 0 saturated carbocycles. The van der Waals surface area contributed by atoms with E-state index in [4.69, 9.17) is 28.4 Å². The van der Waals surface area contributed by atoms with E-state index in [1.165, 1.54) is 34.5 Å². The number of hydrogen-bond acceptors (Lipinski definition) is 7. The van der Waals surface area contributed by atoms with Crippen LogP contribution in [0.1, 0.15) is 15.9 Å². The summed E-state index contributed by atoms with van der Waals surface area (Å²) in [5, 5.41) is 0. The van der Waals surface area contributed by atoms with Crippen LogP contribution >= 0.6 is 0 Å². The summed E-state index contributed by atoms with van der Waals surface area (Å²) in [6, 6.07) is 6.76. The highest BCUT2D eigenvalue weighted by Crippen LogP contribution is 2.40. The van der Waals surface area contributed by atoms with E-state index in [-0.39, 0.29) is 12.6 Å². The lowest BCUT2D eigenvalue weighted by molar-refractivity contribution is 0.104. The lowest BCUT2D eigenvalue weighted by atomic mass is 10.1. The molecular weight excluding hydrogens is 352 g/mol. The van der Waals surface area contributed by atoms with Crippen molar-refractivity contribution in [3.63, 3.8) is 0 Å². The van der Waals surface area contributed by atoms with Gasteiger partial charge in [0.05, 0.1) is 34.0 Å². The minimum atomic E-state index is -0.237. The minimum absolute atomic E-state index is 0.122. The molecule has 0 N–H and O–H groups in total. The molecule has 7 nitrogen and oxygen atoms in total. The van der Waals surface area contributed by atoms with E-state index in [0.29, 0.717) is 40.1 Å². The van der Waals surface area contributed by atoms with E-state index in [0.717, 1.165) is 5.56 Å². The van der Waals surface area contributed by atoms with Crippen molar-refractivity contribution in [2.24, 2.45) is 0 Å². The summed E-state index contributed by atoms with van der Waals surface area (Å²) in [5.41, 5.74) is 1.10. The maximum absolute atomic E-state index is 12.7. The van der Waals surface area contributed by atoms with E-state index < -0.39 is 0 Å². The zero-order chi connectivity index (χ0) is 19.4. The third kappa shape index (κ3) is 3.62. The second kappa shape index (κ2) is 7.90. The number of hydrogen-bond donors (Lipinski definition) is 0. The first kappa shape index (κ1) is 18.4. The molecule has 0 bridgehead atoms. The summed E-state index contributed by atoms with van der Waals surface area (Å²) < 4.78 is 31.9. The number of carbonyl (C=O) groups is 1. The van der Waals surface area contributed by atoms with Gasteiger partial charge in [0.1, 0.15) is 5.75 Å². The normalized spacial score (nSPS) is 12.1. The molecule has 1 aliphatic heterocycles. The van der Waals surface area contributed by atoms with Gasteiger partial charge in [-0.05, 0) is 29.8 Å². The van der Waals surface area contributed by atoms with Gasteiger partial charge < -0.3 is 28.4 Å². The van der Waals surface area contributed by atoms with Crippen molar-refractivity contribution in [1.29, 1.82) is 0 Å². The predicted octanol–water partition coefficient (Wildman–Crippen LogP) is 3.35. The number of fused-ring (bicyclic) bond motifs is 1. The fraction of sp³-hybridized carbons (Fsp3) is 0.250. The lowest BCUT2D eigenvalue weighted by Crippen LogP contribution is -1.99. The Morgan fingerprint density at radius 3 is 2.00 bits per heavy atom. The number of ketones is 1. The molecule has 0 radical (unpaired) electrons. The molecule has 0 fully saturated rings. The quantitative estimate of drug-likeness (QED) is 0.545. The monoisotopic (exact) mass is 372 g/mol. The van der Waals surface area contributed by atoms with Crippen molar-refractivity contribution < 1.29 is 33.2 Å². The van der Waals surface area contributed by atoms with Gasteiger partial charge in [-0.2, -0.15) is 0 Å². The summed E-state index contributed by atoms with van der Waals surface area (Å²) in [5.74, 6) is 2.74. The Balaban J connectivity index is 1.91. The molecule has 0 aliphatic carbocycles. The van der Waals surface area contributed by atoms with Gasteiger partial charge in [-0.25, -0.2) is 0 Å². The maximum Gasteiger partial charge on any atom is 0.231 e. The van der Waals surface area contributed by atoms with Crippen LogP contribution in [0.25, 0.3) is 6.08 Å². The molecule has 0 atom stereocenters. The van der Waals surface area contributed by atoms with Crippen molar-refractivity contribution in [1.82, 2.24) is 0 Å². The molecule has 7 heteroatoms. The van der Waals surface area contributed by atoms with Crippen LogP contribution in [-0.2, 0) is 0 Å². The molecule has 3 rings (SSSR count). The SMILES string of the molecule is COc1cc2c(cc1C(=O)/C=C/c1cc(OC)c(OC)c(OC)c1)OCO2. The van der Waals surface area contributed by atoms with Crippen LogP contribution in [0.15, 0.2) is 30.3 Å². The van der Waals surface area contributed by atoms with Gasteiger partial charge in [-0.15, -0.1) is 0 Å². The number of allylic oxidation sites excluding steroid dienone is 1. The van der Waals surface area contributed by atoms with Gasteiger partial charge in [-0.1, -0.05) is 6.08 Å². The Bertz CT molecular complexity index is 861. The van der Waals surface area contributed by atoms with E-state index >= 15 is 0 Å². The average molecular weight is 372 g/mol. The second-order valence-corrected chi connectivity index (χ2v) is 5.56. The van der Waals surface area contributed by atoms with E-state index in [2.05, 4.69) is 0 Å². The molecule has 0 spiro atoms. The summed E-state index contributed by atoms with van der Waals surface area (Å²) >= 11 is 0. The summed E-state index contributed by atoms with van der Waals surface area (Å²) in [6.45, 7) is 0.122. The van der Waals surface area contributed by atoms with Crippen LogP contribution in [-0.4, -0.2) is 41.0 Å². The smallest absolute Gasteiger partial charge is 0.231 e. The molecule has 1 aliphatic rings. The first-order valence-corrected chi connectivity index (χ1v) is 8.11. The number of rotatable bonds is 7. The zero-order valence-electron chi connectivity index (χ0n) is 15.5. The van der Waals surface area contributed by atoms with Crippen LogP contribution in [0.3, 0.4) is 0 Å². The van der Waals surface area contributed by atoms with E-state index in [1.54, 1.807) is 30.3 Å². The molecular formula is C20H20O7. The Labute approximate surface area is 157 Å². The highest BCUT2D eigenvalue weighted by molar-refractivity contribution is 6.09. The highest BCUT2D eigenvalue weighted by atomic mass is 16.7. The Kier molecular flexibility index (Phi) is 5.40. The summed E-state index contributed by atoms with van der Waals surface area (Å²) in [6.07, 6.45) is 3.11. The summed E-state index contributed by atoms with van der Waals surface area (Å²) in [7, 11) is 6.10. The molecule has 27 heavy (non-hydrogen) atoms. The molecule has 142 valence electrons. The number of methoxy groups -OCH3 is 4. The van der Waals surface area contributed by atoms with Crippen molar-refractivity contribution in [2.45, 2.75) is 0 Å². The molecule has 1 heterocycles. The van der Waals surface area contributed by atoms with Gasteiger partial charge >= 0.3 is 0 Å². The molecule has 0 aromatic heterocycles. The van der Waals surface area contributed by atoms with Crippen LogP contribution in [0.5, 0.6) is 34.5 Å².